The average molecular weight is 340 g/mol. The Balaban J connectivity index is 1.89. The number of hydrogen-bond acceptors (Lipinski definition) is 4. The van der Waals surface area contributed by atoms with E-state index in [1.807, 2.05) is 36.4 Å². The van der Waals surface area contributed by atoms with Crippen molar-refractivity contribution in [3.63, 3.8) is 0 Å². The number of benzene rings is 2. The van der Waals surface area contributed by atoms with Crippen LogP contribution in [0, 0.1) is 0 Å². The van der Waals surface area contributed by atoms with Crippen LogP contribution >= 0.6 is 0 Å². The van der Waals surface area contributed by atoms with Gasteiger partial charge in [0.1, 0.15) is 5.75 Å². The van der Waals surface area contributed by atoms with Crippen molar-refractivity contribution in [1.29, 1.82) is 0 Å². The zero-order valence-corrected chi connectivity index (χ0v) is 14.4. The Morgan fingerprint density at radius 1 is 1.16 bits per heavy atom. The summed E-state index contributed by atoms with van der Waals surface area (Å²) in [7, 11) is 1.63. The zero-order chi connectivity index (χ0) is 17.8. The summed E-state index contributed by atoms with van der Waals surface area (Å²) in [5, 5.41) is 13.0. The molecule has 0 aromatic heterocycles. The molecule has 132 valence electrons. The van der Waals surface area contributed by atoms with Gasteiger partial charge in [-0.1, -0.05) is 24.3 Å². The van der Waals surface area contributed by atoms with E-state index in [2.05, 4.69) is 5.32 Å². The monoisotopic (exact) mass is 340 g/mol. The Morgan fingerprint density at radius 2 is 1.88 bits per heavy atom. The highest BCUT2D eigenvalue weighted by atomic mass is 16.5. The minimum absolute atomic E-state index is 0.207. The largest absolute Gasteiger partial charge is 0.496 e. The number of hydrogen-bond donors (Lipinski definition) is 3. The Hall–Kier alpha value is -2.53. The first-order valence-corrected chi connectivity index (χ1v) is 8.60. The van der Waals surface area contributed by atoms with Gasteiger partial charge < -0.3 is 20.9 Å². The van der Waals surface area contributed by atoms with Gasteiger partial charge in [0.15, 0.2) is 0 Å². The second kappa shape index (κ2) is 7.57. The number of nitrogens with one attached hydrogen (secondary N) is 1. The van der Waals surface area contributed by atoms with Crippen LogP contribution < -0.4 is 15.8 Å². The molecule has 0 saturated heterocycles. The molecule has 0 atom stereocenters. The summed E-state index contributed by atoms with van der Waals surface area (Å²) in [6.45, 7) is 0. The molecule has 5 heteroatoms. The Kier molecular flexibility index (Phi) is 5.24. The number of methoxy groups -OCH3 is 1. The fourth-order valence-corrected chi connectivity index (χ4v) is 3.36. The first-order valence-electron chi connectivity index (χ1n) is 8.60. The van der Waals surface area contributed by atoms with E-state index in [-0.39, 0.29) is 12.1 Å². The van der Waals surface area contributed by atoms with Gasteiger partial charge in [-0.3, -0.25) is 4.79 Å². The minimum atomic E-state index is -0.463. The summed E-state index contributed by atoms with van der Waals surface area (Å²) < 4.78 is 5.41. The molecule has 0 heterocycles. The molecule has 25 heavy (non-hydrogen) atoms. The third kappa shape index (κ3) is 3.94. The highest BCUT2D eigenvalue weighted by molar-refractivity contribution is 6.00. The van der Waals surface area contributed by atoms with Crippen molar-refractivity contribution in [3.05, 3.63) is 48.0 Å². The molecule has 2 aromatic carbocycles. The standard InChI is InChI=1S/C20H24N2O3/c1-25-19-5-3-2-4-16(19)13-6-11-18(17(12-13)20(21)24)22-14-7-9-15(23)10-8-14/h2-6,11-12,14-15,22-23H,7-10H2,1H3,(H2,21,24). The highest BCUT2D eigenvalue weighted by Crippen LogP contribution is 2.33. The van der Waals surface area contributed by atoms with E-state index in [0.29, 0.717) is 5.56 Å². The molecule has 0 bridgehead atoms. The van der Waals surface area contributed by atoms with Crippen molar-refractivity contribution >= 4 is 11.6 Å². The molecule has 0 aliphatic heterocycles. The lowest BCUT2D eigenvalue weighted by Crippen LogP contribution is -2.29. The number of anilines is 1. The molecule has 1 saturated carbocycles. The Morgan fingerprint density at radius 3 is 2.56 bits per heavy atom. The van der Waals surface area contributed by atoms with Gasteiger partial charge in [0, 0.05) is 17.3 Å². The van der Waals surface area contributed by atoms with E-state index in [1.54, 1.807) is 13.2 Å². The van der Waals surface area contributed by atoms with Gasteiger partial charge in [-0.25, -0.2) is 0 Å². The van der Waals surface area contributed by atoms with Crippen LogP contribution in [0.1, 0.15) is 36.0 Å². The Bertz CT molecular complexity index is 752. The molecule has 1 aliphatic rings. The number of aliphatic hydroxyl groups is 1. The number of ether oxygens (including phenoxy) is 1. The molecule has 2 aromatic rings. The van der Waals surface area contributed by atoms with Crippen molar-refractivity contribution < 1.29 is 14.6 Å². The van der Waals surface area contributed by atoms with Gasteiger partial charge in [0.25, 0.3) is 5.91 Å². The normalized spacial score (nSPS) is 20.1. The van der Waals surface area contributed by atoms with Crippen molar-refractivity contribution in [2.75, 3.05) is 12.4 Å². The molecule has 0 radical (unpaired) electrons. The maximum absolute atomic E-state index is 12.0. The van der Waals surface area contributed by atoms with E-state index in [0.717, 1.165) is 48.2 Å². The zero-order valence-electron chi connectivity index (χ0n) is 14.4. The topological polar surface area (TPSA) is 84.6 Å². The van der Waals surface area contributed by atoms with Crippen molar-refractivity contribution in [2.24, 2.45) is 5.73 Å². The van der Waals surface area contributed by atoms with Crippen LogP contribution in [0.15, 0.2) is 42.5 Å². The van der Waals surface area contributed by atoms with E-state index in [4.69, 9.17) is 10.5 Å². The number of para-hydroxylation sites is 1. The van der Waals surface area contributed by atoms with E-state index in [1.165, 1.54) is 0 Å². The van der Waals surface area contributed by atoms with Crippen LogP contribution in [0.2, 0.25) is 0 Å². The summed E-state index contributed by atoms with van der Waals surface area (Å²) >= 11 is 0. The molecule has 5 nitrogen and oxygen atoms in total. The fourth-order valence-electron chi connectivity index (χ4n) is 3.36. The first kappa shape index (κ1) is 17.3. The maximum atomic E-state index is 12.0. The van der Waals surface area contributed by atoms with Crippen molar-refractivity contribution in [3.8, 4) is 16.9 Å². The predicted octanol–water partition coefficient (Wildman–Crippen LogP) is 3.18. The Labute approximate surface area is 147 Å². The molecular weight excluding hydrogens is 316 g/mol. The summed E-state index contributed by atoms with van der Waals surface area (Å²) in [6.07, 6.45) is 3.12. The molecule has 0 spiro atoms. The second-order valence-corrected chi connectivity index (χ2v) is 6.47. The molecular formula is C20H24N2O3. The quantitative estimate of drug-likeness (QED) is 0.780. The number of amides is 1. The predicted molar refractivity (Wildman–Crippen MR) is 98.8 cm³/mol. The van der Waals surface area contributed by atoms with Crippen molar-refractivity contribution in [1.82, 2.24) is 0 Å². The van der Waals surface area contributed by atoms with Crippen LogP contribution in [0.3, 0.4) is 0 Å². The number of aliphatic hydroxyl groups excluding tert-OH is 1. The summed E-state index contributed by atoms with van der Waals surface area (Å²) in [5.74, 6) is 0.287. The second-order valence-electron chi connectivity index (χ2n) is 6.47. The molecule has 4 N–H and O–H groups in total. The fraction of sp³-hybridized carbons (Fsp3) is 0.350. The van der Waals surface area contributed by atoms with Gasteiger partial charge in [0.2, 0.25) is 0 Å². The lowest BCUT2D eigenvalue weighted by molar-refractivity contribution is 0.100. The number of carbonyl (C=O) groups excluding carboxylic acids is 1. The highest BCUT2D eigenvalue weighted by Gasteiger charge is 2.21. The lowest BCUT2D eigenvalue weighted by Gasteiger charge is -2.27. The van der Waals surface area contributed by atoms with Crippen LogP contribution in [0.4, 0.5) is 5.69 Å². The first-order chi connectivity index (χ1) is 12.1. The van der Waals surface area contributed by atoms with Gasteiger partial charge in [-0.15, -0.1) is 0 Å². The number of rotatable bonds is 5. The van der Waals surface area contributed by atoms with Crippen LogP contribution in [0.25, 0.3) is 11.1 Å². The van der Waals surface area contributed by atoms with Gasteiger partial charge in [0.05, 0.1) is 18.8 Å². The molecule has 1 aliphatic carbocycles. The summed E-state index contributed by atoms with van der Waals surface area (Å²) in [4.78, 5) is 12.0. The minimum Gasteiger partial charge on any atom is -0.496 e. The van der Waals surface area contributed by atoms with Gasteiger partial charge in [-0.2, -0.15) is 0 Å². The van der Waals surface area contributed by atoms with Gasteiger partial charge in [-0.05, 0) is 49.4 Å². The molecule has 0 unspecified atom stereocenters. The summed E-state index contributed by atoms with van der Waals surface area (Å²) in [5.41, 5.74) is 8.62. The number of carbonyl (C=O) groups is 1. The van der Waals surface area contributed by atoms with Crippen LogP contribution in [-0.2, 0) is 0 Å². The third-order valence-electron chi connectivity index (χ3n) is 4.76. The van der Waals surface area contributed by atoms with E-state index >= 15 is 0 Å². The van der Waals surface area contributed by atoms with Crippen LogP contribution in [0.5, 0.6) is 5.75 Å². The van der Waals surface area contributed by atoms with Gasteiger partial charge >= 0.3 is 0 Å². The number of primary amides is 1. The maximum Gasteiger partial charge on any atom is 0.250 e. The van der Waals surface area contributed by atoms with Crippen LogP contribution in [-0.4, -0.2) is 30.3 Å². The smallest absolute Gasteiger partial charge is 0.250 e. The average Bonchev–Trinajstić information content (AvgIpc) is 2.63. The van der Waals surface area contributed by atoms with E-state index in [9.17, 15) is 9.90 Å². The third-order valence-corrected chi connectivity index (χ3v) is 4.76. The lowest BCUT2D eigenvalue weighted by atomic mass is 9.92. The van der Waals surface area contributed by atoms with E-state index < -0.39 is 5.91 Å². The molecule has 3 rings (SSSR count). The molecule has 1 amide bonds. The number of nitrogens with two attached hydrogens (primary N) is 1. The summed E-state index contributed by atoms with van der Waals surface area (Å²) in [6, 6.07) is 13.6. The SMILES string of the molecule is COc1ccccc1-c1ccc(NC2CCC(O)CC2)c(C(N)=O)c1. The van der Waals surface area contributed by atoms with Crippen molar-refractivity contribution in [2.45, 2.75) is 37.8 Å². The molecule has 1 fully saturated rings.